The lowest BCUT2D eigenvalue weighted by Crippen LogP contribution is -2.17. The number of nitro benzene ring substituents is 2. The molecule has 12 heteroatoms. The first-order chi connectivity index (χ1) is 16.3. The molecule has 0 unspecified atom stereocenters. The van der Waals surface area contributed by atoms with Gasteiger partial charge in [0.15, 0.2) is 11.5 Å². The smallest absolute Gasteiger partial charge is 0.318 e. The number of hydrazone groups is 1. The fourth-order valence-corrected chi connectivity index (χ4v) is 3.12. The normalized spacial score (nSPS) is 10.6. The Hall–Kier alpha value is -4.07. The summed E-state index contributed by atoms with van der Waals surface area (Å²) in [5, 5.41) is 26.2. The third-order valence-corrected chi connectivity index (χ3v) is 5.04. The van der Waals surface area contributed by atoms with Crippen molar-refractivity contribution in [2.24, 2.45) is 5.10 Å². The van der Waals surface area contributed by atoms with Crippen LogP contribution in [0.3, 0.4) is 0 Å². The molecule has 174 valence electrons. The molecule has 3 rings (SSSR count). The van der Waals surface area contributed by atoms with E-state index < -0.39 is 21.2 Å². The van der Waals surface area contributed by atoms with Crippen molar-refractivity contribution in [2.75, 3.05) is 6.61 Å². The van der Waals surface area contributed by atoms with Crippen LogP contribution in [0.15, 0.2) is 65.8 Å². The Balaban J connectivity index is 1.80. The van der Waals surface area contributed by atoms with E-state index in [0.29, 0.717) is 11.1 Å². The highest BCUT2D eigenvalue weighted by atomic mass is 127. The van der Waals surface area contributed by atoms with Gasteiger partial charge in [-0.3, -0.25) is 25.0 Å². The number of carbonyl (C=O) groups excluding carboxylic acids is 1. The van der Waals surface area contributed by atoms with Gasteiger partial charge in [-0.15, -0.1) is 0 Å². The molecule has 34 heavy (non-hydrogen) atoms. The summed E-state index contributed by atoms with van der Waals surface area (Å²) in [4.78, 5) is 33.0. The quantitative estimate of drug-likeness (QED) is 0.162. The predicted molar refractivity (Wildman–Crippen MR) is 132 cm³/mol. The summed E-state index contributed by atoms with van der Waals surface area (Å²) >= 11 is 2.14. The molecule has 0 fully saturated rings. The first-order valence-electron chi connectivity index (χ1n) is 9.75. The number of nitrogens with one attached hydrogen (secondary N) is 1. The van der Waals surface area contributed by atoms with Crippen LogP contribution in [0.2, 0.25) is 0 Å². The monoisotopic (exact) mass is 576 g/mol. The number of nitro groups is 2. The average Bonchev–Trinajstić information content (AvgIpc) is 2.81. The molecular weight excluding hydrogens is 559 g/mol. The van der Waals surface area contributed by atoms with Crippen molar-refractivity contribution in [1.82, 2.24) is 5.43 Å². The van der Waals surface area contributed by atoms with Crippen molar-refractivity contribution in [3.8, 4) is 17.2 Å². The minimum absolute atomic E-state index is 0.166. The van der Waals surface area contributed by atoms with Crippen molar-refractivity contribution in [3.63, 3.8) is 0 Å². The zero-order valence-corrected chi connectivity index (χ0v) is 19.8. The Morgan fingerprint density at radius 2 is 1.71 bits per heavy atom. The third kappa shape index (κ3) is 6.25. The second-order valence-corrected chi connectivity index (χ2v) is 7.86. The second-order valence-electron chi connectivity index (χ2n) is 6.61. The number of non-ortho nitro benzene ring substituents is 1. The predicted octanol–water partition coefficient (Wildman–Crippen LogP) is 5.06. The van der Waals surface area contributed by atoms with E-state index in [1.165, 1.54) is 12.3 Å². The molecule has 0 aromatic heterocycles. The minimum Gasteiger partial charge on any atom is -0.490 e. The van der Waals surface area contributed by atoms with E-state index >= 15 is 0 Å². The summed E-state index contributed by atoms with van der Waals surface area (Å²) < 4.78 is 12.2. The van der Waals surface area contributed by atoms with E-state index in [1.807, 2.05) is 12.1 Å². The van der Waals surface area contributed by atoms with Gasteiger partial charge in [0.25, 0.3) is 11.6 Å². The Kier molecular flexibility index (Phi) is 8.08. The van der Waals surface area contributed by atoms with Crippen LogP contribution in [-0.4, -0.2) is 28.6 Å². The topological polar surface area (TPSA) is 146 Å². The average molecular weight is 576 g/mol. The van der Waals surface area contributed by atoms with Crippen LogP contribution in [0.25, 0.3) is 0 Å². The first kappa shape index (κ1) is 24.6. The lowest BCUT2D eigenvalue weighted by Gasteiger charge is -2.12. The lowest BCUT2D eigenvalue weighted by molar-refractivity contribution is -0.394. The molecule has 0 atom stereocenters. The summed E-state index contributed by atoms with van der Waals surface area (Å²) in [6.07, 6.45) is 1.41. The van der Waals surface area contributed by atoms with E-state index in [-0.39, 0.29) is 29.8 Å². The van der Waals surface area contributed by atoms with Crippen molar-refractivity contribution < 1.29 is 24.1 Å². The number of ether oxygens (including phenoxy) is 2. The highest BCUT2D eigenvalue weighted by molar-refractivity contribution is 14.1. The maximum Gasteiger partial charge on any atom is 0.318 e. The van der Waals surface area contributed by atoms with Crippen molar-refractivity contribution in [1.29, 1.82) is 0 Å². The molecule has 3 aromatic rings. The maximum absolute atomic E-state index is 12.2. The van der Waals surface area contributed by atoms with Gasteiger partial charge in [0.1, 0.15) is 0 Å². The zero-order chi connectivity index (χ0) is 24.7. The summed E-state index contributed by atoms with van der Waals surface area (Å²) in [7, 11) is 0. The van der Waals surface area contributed by atoms with Gasteiger partial charge in [0.2, 0.25) is 5.75 Å². The summed E-state index contributed by atoms with van der Waals surface area (Å²) in [6.45, 7) is 2.03. The van der Waals surface area contributed by atoms with Crippen LogP contribution < -0.4 is 14.9 Å². The van der Waals surface area contributed by atoms with Gasteiger partial charge < -0.3 is 9.47 Å². The Morgan fingerprint density at radius 3 is 2.35 bits per heavy atom. The SMILES string of the molecule is CCOc1cc(C=NNC(=O)c2ccc(I)cc2)ccc1Oc1ccc([N+](=O)[O-])cc1[N+](=O)[O-]. The number of halogens is 1. The van der Waals surface area contributed by atoms with Crippen LogP contribution in [0.4, 0.5) is 11.4 Å². The Morgan fingerprint density at radius 1 is 1.00 bits per heavy atom. The van der Waals surface area contributed by atoms with Gasteiger partial charge in [-0.1, -0.05) is 0 Å². The molecule has 1 N–H and O–H groups in total. The molecule has 1 amide bonds. The summed E-state index contributed by atoms with van der Waals surface area (Å²) in [6, 6.07) is 14.8. The first-order valence-corrected chi connectivity index (χ1v) is 10.8. The fourth-order valence-electron chi connectivity index (χ4n) is 2.76. The van der Waals surface area contributed by atoms with Crippen LogP contribution >= 0.6 is 22.6 Å². The van der Waals surface area contributed by atoms with Crippen molar-refractivity contribution >= 4 is 46.1 Å². The fraction of sp³-hybridized carbons (Fsp3) is 0.0909. The number of hydrogen-bond donors (Lipinski definition) is 1. The van der Waals surface area contributed by atoms with Gasteiger partial charge >= 0.3 is 5.69 Å². The van der Waals surface area contributed by atoms with Gasteiger partial charge in [-0.2, -0.15) is 5.10 Å². The summed E-state index contributed by atoms with van der Waals surface area (Å²) in [5.74, 6) is -0.118. The van der Waals surface area contributed by atoms with E-state index in [9.17, 15) is 25.0 Å². The zero-order valence-electron chi connectivity index (χ0n) is 17.6. The minimum atomic E-state index is -0.764. The molecule has 0 saturated carbocycles. The van der Waals surface area contributed by atoms with Crippen molar-refractivity contribution in [2.45, 2.75) is 6.92 Å². The van der Waals surface area contributed by atoms with E-state index in [1.54, 1.807) is 31.2 Å². The molecule has 0 saturated heterocycles. The van der Waals surface area contributed by atoms with E-state index in [4.69, 9.17) is 9.47 Å². The molecule has 3 aromatic carbocycles. The second kappa shape index (κ2) is 11.2. The lowest BCUT2D eigenvalue weighted by atomic mass is 10.2. The Labute approximate surface area is 206 Å². The van der Waals surface area contributed by atoms with E-state index in [2.05, 4.69) is 33.1 Å². The molecule has 11 nitrogen and oxygen atoms in total. The molecule has 0 heterocycles. The van der Waals surface area contributed by atoms with E-state index in [0.717, 1.165) is 21.8 Å². The number of rotatable bonds is 9. The molecule has 0 aliphatic heterocycles. The van der Waals surface area contributed by atoms with Crippen LogP contribution in [0, 0.1) is 23.8 Å². The standard InChI is InChI=1S/C22H17IN4O7/c1-2-33-21-11-14(13-24-25-22(28)15-4-6-16(23)7-5-15)3-9-20(21)34-19-10-8-17(26(29)30)12-18(19)27(31)32/h3-13H,2H2,1H3,(H,25,28). The number of hydrogen-bond acceptors (Lipinski definition) is 8. The van der Waals surface area contributed by atoms with Gasteiger partial charge in [-0.05, 0) is 83.6 Å². The highest BCUT2D eigenvalue weighted by Crippen LogP contribution is 2.38. The van der Waals surface area contributed by atoms with Crippen LogP contribution in [0.1, 0.15) is 22.8 Å². The molecular formula is C22H17IN4O7. The highest BCUT2D eigenvalue weighted by Gasteiger charge is 2.22. The maximum atomic E-state index is 12.2. The van der Waals surface area contributed by atoms with Gasteiger partial charge in [0, 0.05) is 15.2 Å². The largest absolute Gasteiger partial charge is 0.490 e. The number of amides is 1. The van der Waals surface area contributed by atoms with Crippen LogP contribution in [-0.2, 0) is 0 Å². The van der Waals surface area contributed by atoms with Crippen molar-refractivity contribution in [3.05, 3.63) is 95.6 Å². The number of nitrogens with zero attached hydrogens (tertiary/aromatic N) is 3. The van der Waals surface area contributed by atoms with Gasteiger partial charge in [0.05, 0.1) is 28.7 Å². The third-order valence-electron chi connectivity index (χ3n) is 4.32. The number of carbonyl (C=O) groups is 1. The molecule has 0 spiro atoms. The molecule has 0 radical (unpaired) electrons. The molecule has 0 aliphatic carbocycles. The van der Waals surface area contributed by atoms with Crippen LogP contribution in [0.5, 0.6) is 17.2 Å². The van der Waals surface area contributed by atoms with Gasteiger partial charge in [-0.25, -0.2) is 5.43 Å². The number of benzene rings is 3. The molecule has 0 bridgehead atoms. The molecule has 0 aliphatic rings. The Bertz CT molecular complexity index is 1260. The summed E-state index contributed by atoms with van der Waals surface area (Å²) in [5.41, 5.74) is 2.48.